The lowest BCUT2D eigenvalue weighted by molar-refractivity contribution is 0.417. The molecule has 0 aromatic heterocycles. The largest absolute Gasteiger partial charge is 0.495 e. The van der Waals surface area contributed by atoms with Gasteiger partial charge < -0.3 is 10.1 Å². The van der Waals surface area contributed by atoms with Crippen molar-refractivity contribution in [3.63, 3.8) is 0 Å². The molecule has 1 aliphatic heterocycles. The van der Waals surface area contributed by atoms with Crippen LogP contribution in [0.15, 0.2) is 77.7 Å². The van der Waals surface area contributed by atoms with Crippen molar-refractivity contribution in [3.8, 4) is 5.75 Å². The molecule has 0 saturated heterocycles. The summed E-state index contributed by atoms with van der Waals surface area (Å²) in [5, 5.41) is 4.34. The molecule has 0 bridgehead atoms. The number of rotatable bonds is 5. The minimum Gasteiger partial charge on any atom is -0.495 e. The van der Waals surface area contributed by atoms with Crippen molar-refractivity contribution in [2.45, 2.75) is 30.2 Å². The van der Waals surface area contributed by atoms with E-state index in [1.165, 1.54) is 7.11 Å². The molecule has 1 heterocycles. The minimum atomic E-state index is -3.80. The van der Waals surface area contributed by atoms with Crippen LogP contribution in [0.2, 0.25) is 5.02 Å². The molecule has 2 unspecified atom stereocenters. The van der Waals surface area contributed by atoms with Gasteiger partial charge in [0.2, 0.25) is 0 Å². The molecule has 0 spiro atoms. The normalized spacial score (nSPS) is 21.1. The number of ether oxygens (including phenoxy) is 1. The third-order valence-electron chi connectivity index (χ3n) is 6.45. The number of nitrogens with one attached hydrogen (secondary N) is 2. The van der Waals surface area contributed by atoms with Gasteiger partial charge >= 0.3 is 0 Å². The Bertz CT molecular complexity index is 1350. The molecule has 7 heteroatoms. The summed E-state index contributed by atoms with van der Waals surface area (Å²) in [6, 6.07) is 18.7. The molecule has 170 valence electrons. The van der Waals surface area contributed by atoms with Gasteiger partial charge in [-0.25, -0.2) is 8.42 Å². The van der Waals surface area contributed by atoms with Crippen LogP contribution in [0.3, 0.4) is 0 Å². The van der Waals surface area contributed by atoms with Gasteiger partial charge in [-0.1, -0.05) is 42.0 Å². The minimum absolute atomic E-state index is 0.105. The van der Waals surface area contributed by atoms with E-state index in [1.54, 1.807) is 24.3 Å². The van der Waals surface area contributed by atoms with Crippen molar-refractivity contribution in [2.75, 3.05) is 17.1 Å². The van der Waals surface area contributed by atoms with Gasteiger partial charge in [0.15, 0.2) is 0 Å². The summed E-state index contributed by atoms with van der Waals surface area (Å²) < 4.78 is 34.6. The summed E-state index contributed by atoms with van der Waals surface area (Å²) in [4.78, 5) is 0.229. The van der Waals surface area contributed by atoms with Gasteiger partial charge in [0, 0.05) is 16.6 Å². The number of hydrogen-bond donors (Lipinski definition) is 2. The molecule has 0 amide bonds. The van der Waals surface area contributed by atoms with E-state index < -0.39 is 10.0 Å². The summed E-state index contributed by atoms with van der Waals surface area (Å²) in [5.41, 5.74) is 4.44. The first kappa shape index (κ1) is 21.9. The predicted octanol–water partition coefficient (Wildman–Crippen LogP) is 6.28. The Labute approximate surface area is 199 Å². The van der Waals surface area contributed by atoms with Crippen LogP contribution < -0.4 is 14.8 Å². The van der Waals surface area contributed by atoms with E-state index in [0.717, 1.165) is 28.8 Å². The summed E-state index contributed by atoms with van der Waals surface area (Å²) >= 11 is 6.25. The maximum absolute atomic E-state index is 13.3. The molecule has 3 aromatic carbocycles. The second-order valence-electron chi connectivity index (χ2n) is 8.59. The van der Waals surface area contributed by atoms with Crippen LogP contribution in [0.5, 0.6) is 5.75 Å². The zero-order valence-corrected chi connectivity index (χ0v) is 20.0. The Morgan fingerprint density at radius 1 is 1.09 bits per heavy atom. The van der Waals surface area contributed by atoms with Gasteiger partial charge in [0.1, 0.15) is 5.75 Å². The fourth-order valence-electron chi connectivity index (χ4n) is 4.87. The van der Waals surface area contributed by atoms with E-state index >= 15 is 0 Å². The van der Waals surface area contributed by atoms with Gasteiger partial charge in [-0.15, -0.1) is 0 Å². The summed E-state index contributed by atoms with van der Waals surface area (Å²) in [7, 11) is -2.27. The number of sulfonamides is 1. The Morgan fingerprint density at radius 3 is 2.73 bits per heavy atom. The van der Waals surface area contributed by atoms with Crippen LogP contribution in [0.4, 0.5) is 11.4 Å². The van der Waals surface area contributed by atoms with Crippen molar-refractivity contribution in [1.82, 2.24) is 0 Å². The zero-order valence-electron chi connectivity index (χ0n) is 18.4. The van der Waals surface area contributed by atoms with Gasteiger partial charge in [0.05, 0.1) is 23.7 Å². The van der Waals surface area contributed by atoms with Crippen molar-refractivity contribution in [3.05, 3.63) is 94.5 Å². The number of halogens is 1. The Morgan fingerprint density at radius 2 is 1.94 bits per heavy atom. The Balaban J connectivity index is 1.50. The van der Waals surface area contributed by atoms with E-state index in [-0.39, 0.29) is 16.9 Å². The molecule has 0 fully saturated rings. The molecular formula is C26H25ClN2O3S. The lowest BCUT2D eigenvalue weighted by Crippen LogP contribution is -2.29. The molecule has 0 radical (unpaired) electrons. The topological polar surface area (TPSA) is 67.4 Å². The summed E-state index contributed by atoms with van der Waals surface area (Å²) in [6.07, 6.45) is 5.29. The lowest BCUT2D eigenvalue weighted by Gasteiger charge is -2.37. The Kier molecular flexibility index (Phi) is 5.59. The SMILES string of the molecule is COc1ccc(C)cc1NS(=O)(=O)c1ccc2c(c1)C1C=CCC1[C@@H](c1cccc(Cl)c1)N2. The Hall–Kier alpha value is -2.96. The van der Waals surface area contributed by atoms with Gasteiger partial charge in [0.25, 0.3) is 10.0 Å². The first-order valence-corrected chi connectivity index (χ1v) is 12.7. The molecule has 2 N–H and O–H groups in total. The molecule has 2 aliphatic rings. The van der Waals surface area contributed by atoms with E-state index in [9.17, 15) is 8.42 Å². The van der Waals surface area contributed by atoms with Gasteiger partial charge in [-0.2, -0.15) is 0 Å². The molecule has 3 atom stereocenters. The predicted molar refractivity (Wildman–Crippen MR) is 133 cm³/mol. The monoisotopic (exact) mass is 480 g/mol. The number of fused-ring (bicyclic) bond motifs is 3. The highest BCUT2D eigenvalue weighted by atomic mass is 35.5. The highest BCUT2D eigenvalue weighted by Gasteiger charge is 2.38. The first-order valence-electron chi connectivity index (χ1n) is 10.9. The highest BCUT2D eigenvalue weighted by molar-refractivity contribution is 7.92. The van der Waals surface area contributed by atoms with Crippen molar-refractivity contribution in [1.29, 1.82) is 0 Å². The number of benzene rings is 3. The van der Waals surface area contributed by atoms with Crippen LogP contribution in [-0.4, -0.2) is 15.5 Å². The van der Waals surface area contributed by atoms with E-state index in [1.807, 2.05) is 37.3 Å². The van der Waals surface area contributed by atoms with E-state index in [0.29, 0.717) is 22.4 Å². The second kappa shape index (κ2) is 8.43. The molecule has 5 nitrogen and oxygen atoms in total. The van der Waals surface area contributed by atoms with Gasteiger partial charge in [-0.3, -0.25) is 4.72 Å². The molecule has 3 aromatic rings. The highest BCUT2D eigenvalue weighted by Crippen LogP contribution is 2.50. The molecule has 1 aliphatic carbocycles. The summed E-state index contributed by atoms with van der Waals surface area (Å²) in [6.45, 7) is 1.91. The second-order valence-corrected chi connectivity index (χ2v) is 10.7. The quantitative estimate of drug-likeness (QED) is 0.421. The third kappa shape index (κ3) is 4.09. The van der Waals surface area contributed by atoms with E-state index in [4.69, 9.17) is 16.3 Å². The molecule has 0 saturated carbocycles. The maximum atomic E-state index is 13.3. The average Bonchev–Trinajstić information content (AvgIpc) is 3.28. The molecule has 5 rings (SSSR count). The van der Waals surface area contributed by atoms with Crippen LogP contribution in [-0.2, 0) is 10.0 Å². The maximum Gasteiger partial charge on any atom is 0.262 e. The molecular weight excluding hydrogens is 456 g/mol. The number of allylic oxidation sites excluding steroid dienone is 2. The molecule has 33 heavy (non-hydrogen) atoms. The number of aryl methyl sites for hydroxylation is 1. The van der Waals surface area contributed by atoms with Gasteiger partial charge in [-0.05, 0) is 78.4 Å². The van der Waals surface area contributed by atoms with Crippen LogP contribution in [0.1, 0.15) is 35.1 Å². The van der Waals surface area contributed by atoms with Crippen LogP contribution in [0, 0.1) is 12.8 Å². The number of methoxy groups -OCH3 is 1. The first-order chi connectivity index (χ1) is 15.9. The fourth-order valence-corrected chi connectivity index (χ4v) is 6.17. The standard InChI is InChI=1S/C26H25ClN2O3S/c1-16-9-12-25(32-2)24(13-16)29-33(30,31)19-10-11-23-22(15-19)20-7-4-8-21(20)26(28-23)17-5-3-6-18(27)14-17/h3-7,9-15,20-21,26,28-29H,8H2,1-2H3/t20?,21?,26-/m1/s1. The van der Waals surface area contributed by atoms with Crippen molar-refractivity contribution < 1.29 is 13.2 Å². The average molecular weight is 481 g/mol. The smallest absolute Gasteiger partial charge is 0.262 e. The van der Waals surface area contributed by atoms with Crippen molar-refractivity contribution in [2.24, 2.45) is 5.92 Å². The third-order valence-corrected chi connectivity index (χ3v) is 8.05. The van der Waals surface area contributed by atoms with Crippen LogP contribution in [0.25, 0.3) is 0 Å². The number of hydrogen-bond acceptors (Lipinski definition) is 4. The fraction of sp³-hybridized carbons (Fsp3) is 0.231. The van der Waals surface area contributed by atoms with E-state index in [2.05, 4.69) is 28.3 Å². The van der Waals surface area contributed by atoms with Crippen LogP contribution >= 0.6 is 11.6 Å². The zero-order chi connectivity index (χ0) is 23.2. The van der Waals surface area contributed by atoms with Crippen molar-refractivity contribution >= 4 is 33.0 Å². The number of anilines is 2. The summed E-state index contributed by atoms with van der Waals surface area (Å²) in [5.74, 6) is 0.902. The lowest BCUT2D eigenvalue weighted by atomic mass is 9.77.